The molecule has 2 nitrogen and oxygen atoms in total. The standard InChI is InChI=1S/C23H27NO/c1-23(2,3)19-14-11-17(12-15-19)13-16-22(25)24-21-10-6-8-18-7-4-5-9-20(18)21/h4-5,7,9,11-16,21H,6,8,10H2,1-3H3,(H,24,25)/b16-13+/t21-/m0/s1. The van der Waals surface area contributed by atoms with Gasteiger partial charge in [0.05, 0.1) is 6.04 Å². The van der Waals surface area contributed by atoms with Gasteiger partial charge in [0.2, 0.25) is 5.91 Å². The van der Waals surface area contributed by atoms with Crippen molar-refractivity contribution < 1.29 is 4.79 Å². The van der Waals surface area contributed by atoms with Crippen molar-refractivity contribution in [2.24, 2.45) is 0 Å². The summed E-state index contributed by atoms with van der Waals surface area (Å²) in [6.07, 6.45) is 6.77. The first-order valence-electron chi connectivity index (χ1n) is 9.10. The highest BCUT2D eigenvalue weighted by molar-refractivity contribution is 5.92. The average Bonchev–Trinajstić information content (AvgIpc) is 2.60. The van der Waals surface area contributed by atoms with Gasteiger partial charge in [-0.15, -0.1) is 0 Å². The van der Waals surface area contributed by atoms with Crippen LogP contribution in [0.25, 0.3) is 6.08 Å². The molecule has 0 aliphatic heterocycles. The van der Waals surface area contributed by atoms with E-state index in [1.165, 1.54) is 16.7 Å². The van der Waals surface area contributed by atoms with Crippen molar-refractivity contribution in [3.05, 3.63) is 76.9 Å². The number of amides is 1. The molecule has 1 N–H and O–H groups in total. The molecule has 0 radical (unpaired) electrons. The Morgan fingerprint density at radius 3 is 2.52 bits per heavy atom. The lowest BCUT2D eigenvalue weighted by molar-refractivity contribution is -0.117. The van der Waals surface area contributed by atoms with Crippen LogP contribution >= 0.6 is 0 Å². The SMILES string of the molecule is CC(C)(C)c1ccc(/C=C/C(=O)N[C@H]2CCCc3ccccc32)cc1. The molecule has 2 heteroatoms. The number of fused-ring (bicyclic) bond motifs is 1. The normalized spacial score (nSPS) is 17.3. The van der Waals surface area contributed by atoms with Crippen molar-refractivity contribution in [3.63, 3.8) is 0 Å². The van der Waals surface area contributed by atoms with E-state index in [9.17, 15) is 4.79 Å². The van der Waals surface area contributed by atoms with Gasteiger partial charge in [0.1, 0.15) is 0 Å². The minimum absolute atomic E-state index is 0.0263. The van der Waals surface area contributed by atoms with Gasteiger partial charge < -0.3 is 5.32 Å². The van der Waals surface area contributed by atoms with Gasteiger partial charge in [-0.25, -0.2) is 0 Å². The van der Waals surface area contributed by atoms with Gasteiger partial charge in [0.15, 0.2) is 0 Å². The number of aryl methyl sites for hydroxylation is 1. The maximum absolute atomic E-state index is 12.3. The summed E-state index contributed by atoms with van der Waals surface area (Å²) in [5, 5.41) is 3.16. The molecule has 0 saturated heterocycles. The average molecular weight is 333 g/mol. The van der Waals surface area contributed by atoms with Crippen LogP contribution in [0.1, 0.15) is 61.9 Å². The van der Waals surface area contributed by atoms with E-state index in [1.54, 1.807) is 6.08 Å². The third kappa shape index (κ3) is 4.39. The van der Waals surface area contributed by atoms with Crippen LogP contribution < -0.4 is 5.32 Å². The molecule has 0 unspecified atom stereocenters. The summed E-state index contributed by atoms with van der Waals surface area (Å²) in [5.41, 5.74) is 5.12. The first-order valence-corrected chi connectivity index (χ1v) is 9.10. The molecule has 0 spiro atoms. The Bertz CT molecular complexity index is 765. The van der Waals surface area contributed by atoms with Crippen LogP contribution in [0.3, 0.4) is 0 Å². The van der Waals surface area contributed by atoms with E-state index in [4.69, 9.17) is 0 Å². The van der Waals surface area contributed by atoms with Gasteiger partial charge in [-0.3, -0.25) is 4.79 Å². The monoisotopic (exact) mass is 333 g/mol. The number of benzene rings is 2. The van der Waals surface area contributed by atoms with Crippen molar-refractivity contribution in [1.82, 2.24) is 5.32 Å². The predicted octanol–water partition coefficient (Wildman–Crippen LogP) is 5.19. The number of carbonyl (C=O) groups is 1. The summed E-state index contributed by atoms with van der Waals surface area (Å²) in [6, 6.07) is 17.0. The van der Waals surface area contributed by atoms with Crippen molar-refractivity contribution in [3.8, 4) is 0 Å². The Hall–Kier alpha value is -2.35. The van der Waals surface area contributed by atoms with E-state index < -0.39 is 0 Å². The van der Waals surface area contributed by atoms with Crippen LogP contribution in [0, 0.1) is 0 Å². The molecule has 0 fully saturated rings. The van der Waals surface area contributed by atoms with Crippen LogP contribution in [0.4, 0.5) is 0 Å². The number of hydrogen-bond donors (Lipinski definition) is 1. The zero-order chi connectivity index (χ0) is 17.9. The number of rotatable bonds is 3. The topological polar surface area (TPSA) is 29.1 Å². The summed E-state index contributed by atoms with van der Waals surface area (Å²) in [7, 11) is 0. The Morgan fingerprint density at radius 2 is 1.80 bits per heavy atom. The molecule has 2 aromatic rings. The molecule has 130 valence electrons. The molecule has 1 aliphatic rings. The molecular formula is C23H27NO. The Morgan fingerprint density at radius 1 is 1.08 bits per heavy atom. The Balaban J connectivity index is 1.64. The zero-order valence-electron chi connectivity index (χ0n) is 15.4. The Kier molecular flexibility index (Phi) is 5.08. The van der Waals surface area contributed by atoms with Crippen molar-refractivity contribution in [2.45, 2.75) is 51.5 Å². The van der Waals surface area contributed by atoms with E-state index in [1.807, 2.05) is 6.08 Å². The van der Waals surface area contributed by atoms with Crippen molar-refractivity contribution >= 4 is 12.0 Å². The summed E-state index contributed by atoms with van der Waals surface area (Å²) in [5.74, 6) is -0.0263. The number of carbonyl (C=O) groups excluding carboxylic acids is 1. The second-order valence-corrected chi connectivity index (χ2v) is 7.86. The van der Waals surface area contributed by atoms with E-state index in [2.05, 4.69) is 74.6 Å². The zero-order valence-corrected chi connectivity index (χ0v) is 15.4. The molecule has 0 aromatic heterocycles. The molecule has 1 amide bonds. The van der Waals surface area contributed by atoms with E-state index >= 15 is 0 Å². The molecule has 0 heterocycles. The third-order valence-corrected chi connectivity index (χ3v) is 4.89. The number of hydrogen-bond acceptors (Lipinski definition) is 1. The highest BCUT2D eigenvalue weighted by atomic mass is 16.1. The first-order chi connectivity index (χ1) is 11.9. The summed E-state index contributed by atoms with van der Waals surface area (Å²) in [4.78, 5) is 12.3. The van der Waals surface area contributed by atoms with Crippen LogP contribution in [-0.4, -0.2) is 5.91 Å². The van der Waals surface area contributed by atoms with Gasteiger partial charge in [0.25, 0.3) is 0 Å². The quantitative estimate of drug-likeness (QED) is 0.769. The van der Waals surface area contributed by atoms with Gasteiger partial charge in [-0.2, -0.15) is 0 Å². The van der Waals surface area contributed by atoms with Crippen molar-refractivity contribution in [2.75, 3.05) is 0 Å². The fourth-order valence-corrected chi connectivity index (χ4v) is 3.39. The highest BCUT2D eigenvalue weighted by Gasteiger charge is 2.20. The minimum atomic E-state index is -0.0263. The lowest BCUT2D eigenvalue weighted by atomic mass is 9.87. The fraction of sp³-hybridized carbons (Fsp3) is 0.348. The lowest BCUT2D eigenvalue weighted by Gasteiger charge is -2.25. The second kappa shape index (κ2) is 7.26. The van der Waals surface area contributed by atoms with Gasteiger partial charge in [-0.05, 0) is 53.0 Å². The molecule has 3 rings (SSSR count). The fourth-order valence-electron chi connectivity index (χ4n) is 3.39. The van der Waals surface area contributed by atoms with Crippen LogP contribution in [0.2, 0.25) is 0 Å². The summed E-state index contributed by atoms with van der Waals surface area (Å²) >= 11 is 0. The minimum Gasteiger partial charge on any atom is -0.346 e. The van der Waals surface area contributed by atoms with Crippen LogP contribution in [0.5, 0.6) is 0 Å². The largest absolute Gasteiger partial charge is 0.346 e. The smallest absolute Gasteiger partial charge is 0.244 e. The van der Waals surface area contributed by atoms with Gasteiger partial charge in [-0.1, -0.05) is 69.3 Å². The van der Waals surface area contributed by atoms with Gasteiger partial charge >= 0.3 is 0 Å². The maximum atomic E-state index is 12.3. The number of nitrogens with one attached hydrogen (secondary N) is 1. The first kappa shape index (κ1) is 17.5. The van der Waals surface area contributed by atoms with Gasteiger partial charge in [0, 0.05) is 6.08 Å². The van der Waals surface area contributed by atoms with Crippen molar-refractivity contribution in [1.29, 1.82) is 0 Å². The van der Waals surface area contributed by atoms with E-state index in [-0.39, 0.29) is 17.4 Å². The third-order valence-electron chi connectivity index (χ3n) is 4.89. The summed E-state index contributed by atoms with van der Waals surface area (Å²) in [6.45, 7) is 6.61. The summed E-state index contributed by atoms with van der Waals surface area (Å²) < 4.78 is 0. The Labute approximate surface area is 151 Å². The van der Waals surface area contributed by atoms with Crippen LogP contribution in [-0.2, 0) is 16.6 Å². The molecule has 25 heavy (non-hydrogen) atoms. The predicted molar refractivity (Wildman–Crippen MR) is 104 cm³/mol. The van der Waals surface area contributed by atoms with E-state index in [0.29, 0.717) is 0 Å². The van der Waals surface area contributed by atoms with Crippen LogP contribution in [0.15, 0.2) is 54.6 Å². The maximum Gasteiger partial charge on any atom is 0.244 e. The highest BCUT2D eigenvalue weighted by Crippen LogP contribution is 2.29. The van der Waals surface area contributed by atoms with E-state index in [0.717, 1.165) is 24.8 Å². The second-order valence-electron chi connectivity index (χ2n) is 7.86. The molecule has 0 bridgehead atoms. The molecular weight excluding hydrogens is 306 g/mol. The molecule has 1 atom stereocenters. The lowest BCUT2D eigenvalue weighted by Crippen LogP contribution is -2.29. The molecule has 1 aliphatic carbocycles. The molecule has 0 saturated carbocycles. The molecule has 2 aromatic carbocycles.